The lowest BCUT2D eigenvalue weighted by atomic mass is 9.83. The Hall–Kier alpha value is -0.380. The lowest BCUT2D eigenvalue weighted by Crippen LogP contribution is -2.58. The zero-order valence-corrected chi connectivity index (χ0v) is 14.5. The van der Waals surface area contributed by atoms with E-state index >= 15 is 0 Å². The van der Waals surface area contributed by atoms with Crippen LogP contribution in [0.25, 0.3) is 0 Å². The highest BCUT2D eigenvalue weighted by Crippen LogP contribution is 2.30. The van der Waals surface area contributed by atoms with Crippen LogP contribution in [0.5, 0.6) is 0 Å². The average molecular weight is 339 g/mol. The maximum Gasteiger partial charge on any atom is 0.0334 e. The SMILES string of the molecule is CCC(C)(C(Cc1cccc(Br)c1)NC)N1CCCC1. The number of likely N-dealkylation sites (tertiary alicyclic amines) is 1. The van der Waals surface area contributed by atoms with Gasteiger partial charge in [-0.25, -0.2) is 0 Å². The van der Waals surface area contributed by atoms with Crippen LogP contribution in [0.3, 0.4) is 0 Å². The summed E-state index contributed by atoms with van der Waals surface area (Å²) in [5.74, 6) is 0. The van der Waals surface area contributed by atoms with Crippen molar-refractivity contribution in [2.24, 2.45) is 0 Å². The van der Waals surface area contributed by atoms with Crippen LogP contribution in [0.1, 0.15) is 38.7 Å². The molecule has 1 aromatic rings. The van der Waals surface area contributed by atoms with Crippen LogP contribution in [-0.2, 0) is 6.42 Å². The highest BCUT2D eigenvalue weighted by atomic mass is 79.9. The summed E-state index contributed by atoms with van der Waals surface area (Å²) in [6.45, 7) is 7.25. The minimum Gasteiger partial charge on any atom is -0.315 e. The van der Waals surface area contributed by atoms with Gasteiger partial charge in [-0.2, -0.15) is 0 Å². The van der Waals surface area contributed by atoms with Crippen LogP contribution in [0.2, 0.25) is 0 Å². The van der Waals surface area contributed by atoms with Crippen molar-refractivity contribution < 1.29 is 0 Å². The van der Waals surface area contributed by atoms with Crippen LogP contribution in [-0.4, -0.2) is 36.6 Å². The number of hydrogen-bond donors (Lipinski definition) is 1. The quantitative estimate of drug-likeness (QED) is 0.847. The molecule has 1 aliphatic rings. The molecule has 0 saturated carbocycles. The first-order valence-electron chi connectivity index (χ1n) is 7.77. The Bertz CT molecular complexity index is 429. The van der Waals surface area contributed by atoms with Crippen molar-refractivity contribution in [2.45, 2.75) is 51.1 Å². The standard InChI is InChI=1S/C17H27BrN2/c1-4-17(2,20-10-5-6-11-20)16(19-3)13-14-8-7-9-15(18)12-14/h7-9,12,16,19H,4-6,10-11,13H2,1-3H3. The van der Waals surface area contributed by atoms with Crippen molar-refractivity contribution in [1.29, 1.82) is 0 Å². The van der Waals surface area contributed by atoms with Gasteiger partial charge >= 0.3 is 0 Å². The zero-order chi connectivity index (χ0) is 14.6. The van der Waals surface area contributed by atoms with Crippen LogP contribution in [0.4, 0.5) is 0 Å². The molecule has 1 aliphatic heterocycles. The molecule has 2 nitrogen and oxygen atoms in total. The molecule has 0 aromatic heterocycles. The molecule has 0 spiro atoms. The smallest absolute Gasteiger partial charge is 0.0334 e. The van der Waals surface area contributed by atoms with E-state index < -0.39 is 0 Å². The van der Waals surface area contributed by atoms with E-state index in [1.807, 2.05) is 0 Å². The predicted molar refractivity (Wildman–Crippen MR) is 90.2 cm³/mol. The second-order valence-corrected chi connectivity index (χ2v) is 7.00. The second kappa shape index (κ2) is 7.06. The lowest BCUT2D eigenvalue weighted by Gasteiger charge is -2.44. The summed E-state index contributed by atoms with van der Waals surface area (Å²) in [5.41, 5.74) is 1.64. The highest BCUT2D eigenvalue weighted by Gasteiger charge is 2.38. The van der Waals surface area contributed by atoms with Crippen LogP contribution in [0.15, 0.2) is 28.7 Å². The molecule has 112 valence electrons. The van der Waals surface area contributed by atoms with E-state index in [1.54, 1.807) is 0 Å². The summed E-state index contributed by atoms with van der Waals surface area (Å²) in [7, 11) is 2.10. The normalized spacial score (nSPS) is 20.8. The van der Waals surface area contributed by atoms with Gasteiger partial charge in [-0.15, -0.1) is 0 Å². The van der Waals surface area contributed by atoms with Crippen molar-refractivity contribution in [1.82, 2.24) is 10.2 Å². The third kappa shape index (κ3) is 3.44. The Kier molecular flexibility index (Phi) is 5.65. The van der Waals surface area contributed by atoms with E-state index in [0.717, 1.165) is 6.42 Å². The summed E-state index contributed by atoms with van der Waals surface area (Å²) in [6, 6.07) is 9.18. The number of rotatable bonds is 6. The fraction of sp³-hybridized carbons (Fsp3) is 0.647. The van der Waals surface area contributed by atoms with Gasteiger partial charge in [0.15, 0.2) is 0 Å². The second-order valence-electron chi connectivity index (χ2n) is 6.08. The number of halogens is 1. The maximum absolute atomic E-state index is 3.58. The number of benzene rings is 1. The van der Waals surface area contributed by atoms with Gasteiger partial charge in [-0.3, -0.25) is 4.90 Å². The number of nitrogens with zero attached hydrogens (tertiary/aromatic N) is 1. The van der Waals surface area contributed by atoms with Crippen molar-refractivity contribution >= 4 is 15.9 Å². The molecule has 1 N–H and O–H groups in total. The Morgan fingerprint density at radius 3 is 2.60 bits per heavy atom. The monoisotopic (exact) mass is 338 g/mol. The molecule has 0 aliphatic carbocycles. The Balaban J connectivity index is 2.16. The average Bonchev–Trinajstić information content (AvgIpc) is 2.98. The molecule has 2 unspecified atom stereocenters. The molecule has 2 atom stereocenters. The van der Waals surface area contributed by atoms with E-state index in [-0.39, 0.29) is 5.54 Å². The van der Waals surface area contributed by atoms with Gasteiger partial charge in [0.05, 0.1) is 0 Å². The molecule has 1 fully saturated rings. The first-order chi connectivity index (χ1) is 9.60. The van der Waals surface area contributed by atoms with E-state index in [1.165, 1.54) is 42.4 Å². The summed E-state index contributed by atoms with van der Waals surface area (Å²) in [4.78, 5) is 2.69. The third-order valence-corrected chi connectivity index (χ3v) is 5.47. The van der Waals surface area contributed by atoms with Crippen LogP contribution < -0.4 is 5.32 Å². The lowest BCUT2D eigenvalue weighted by molar-refractivity contribution is 0.0873. The zero-order valence-electron chi connectivity index (χ0n) is 13.0. The van der Waals surface area contributed by atoms with E-state index in [2.05, 4.69) is 71.3 Å². The molecule has 2 rings (SSSR count). The van der Waals surface area contributed by atoms with Gasteiger partial charge in [0, 0.05) is 16.1 Å². The third-order valence-electron chi connectivity index (χ3n) is 4.97. The van der Waals surface area contributed by atoms with E-state index in [4.69, 9.17) is 0 Å². The maximum atomic E-state index is 3.58. The largest absolute Gasteiger partial charge is 0.315 e. The fourth-order valence-corrected chi connectivity index (χ4v) is 3.90. The Labute approximate surface area is 132 Å². The first kappa shape index (κ1) is 16.0. The highest BCUT2D eigenvalue weighted by molar-refractivity contribution is 9.10. The number of likely N-dealkylation sites (N-methyl/N-ethyl adjacent to an activating group) is 1. The van der Waals surface area contributed by atoms with Crippen molar-refractivity contribution in [2.75, 3.05) is 20.1 Å². The van der Waals surface area contributed by atoms with Gasteiger partial charge in [-0.1, -0.05) is 35.0 Å². The number of hydrogen-bond acceptors (Lipinski definition) is 2. The van der Waals surface area contributed by atoms with E-state index in [9.17, 15) is 0 Å². The summed E-state index contributed by atoms with van der Waals surface area (Å²) in [6.07, 6.45) is 4.97. The van der Waals surface area contributed by atoms with Crippen molar-refractivity contribution in [3.05, 3.63) is 34.3 Å². The molecule has 0 radical (unpaired) electrons. The van der Waals surface area contributed by atoms with Gasteiger partial charge in [0.1, 0.15) is 0 Å². The molecule has 0 bridgehead atoms. The predicted octanol–water partition coefficient (Wildman–Crippen LogP) is 3.84. The summed E-state index contributed by atoms with van der Waals surface area (Å²) in [5, 5.41) is 3.58. The van der Waals surface area contributed by atoms with Gasteiger partial charge in [-0.05, 0) is 70.4 Å². The van der Waals surface area contributed by atoms with Gasteiger partial charge in [0.25, 0.3) is 0 Å². The molecular formula is C17H27BrN2. The molecular weight excluding hydrogens is 312 g/mol. The Morgan fingerprint density at radius 2 is 2.05 bits per heavy atom. The minimum atomic E-state index is 0.244. The number of nitrogens with one attached hydrogen (secondary N) is 1. The summed E-state index contributed by atoms with van der Waals surface area (Å²) < 4.78 is 1.17. The molecule has 1 aromatic carbocycles. The van der Waals surface area contributed by atoms with Crippen LogP contribution in [0, 0.1) is 0 Å². The topological polar surface area (TPSA) is 15.3 Å². The molecule has 1 saturated heterocycles. The van der Waals surface area contributed by atoms with E-state index in [0.29, 0.717) is 6.04 Å². The first-order valence-corrected chi connectivity index (χ1v) is 8.56. The van der Waals surface area contributed by atoms with Crippen molar-refractivity contribution in [3.63, 3.8) is 0 Å². The van der Waals surface area contributed by atoms with Crippen LogP contribution >= 0.6 is 15.9 Å². The summed E-state index contributed by atoms with van der Waals surface area (Å²) >= 11 is 3.58. The van der Waals surface area contributed by atoms with Gasteiger partial charge < -0.3 is 5.32 Å². The molecule has 1 heterocycles. The van der Waals surface area contributed by atoms with Crippen molar-refractivity contribution in [3.8, 4) is 0 Å². The molecule has 0 amide bonds. The molecule has 3 heteroatoms. The molecule has 20 heavy (non-hydrogen) atoms. The minimum absolute atomic E-state index is 0.244. The fourth-order valence-electron chi connectivity index (χ4n) is 3.45. The van der Waals surface area contributed by atoms with Gasteiger partial charge in [0.2, 0.25) is 0 Å². The Morgan fingerprint density at radius 1 is 1.35 bits per heavy atom.